The number of carbonyl (C=O) groups excluding carboxylic acids is 2. The summed E-state index contributed by atoms with van der Waals surface area (Å²) in [5.41, 5.74) is 14.6. The van der Waals surface area contributed by atoms with Crippen molar-refractivity contribution in [1.29, 1.82) is 0 Å². The van der Waals surface area contributed by atoms with Gasteiger partial charge in [0.1, 0.15) is 5.69 Å². The number of amides is 3. The molecular weight excluding hydrogens is 442 g/mol. The summed E-state index contributed by atoms with van der Waals surface area (Å²) in [6, 6.07) is 13.8. The van der Waals surface area contributed by atoms with E-state index in [0.717, 1.165) is 30.6 Å². The maximum atomic E-state index is 12.6. The molecule has 2 unspecified atom stereocenters. The molecule has 4 rings (SSSR count). The van der Waals surface area contributed by atoms with Crippen LogP contribution in [0.25, 0.3) is 0 Å². The summed E-state index contributed by atoms with van der Waals surface area (Å²) in [5, 5.41) is 5.61. The number of anilines is 2. The molecular formula is C26H31N7O2. The predicted molar refractivity (Wildman–Crippen MR) is 136 cm³/mol. The van der Waals surface area contributed by atoms with Crippen LogP contribution < -0.4 is 22.1 Å². The quantitative estimate of drug-likeness (QED) is 0.350. The zero-order chi connectivity index (χ0) is 24.6. The molecule has 35 heavy (non-hydrogen) atoms. The van der Waals surface area contributed by atoms with Crippen LogP contribution in [0.1, 0.15) is 59.4 Å². The molecule has 1 aromatic carbocycles. The molecule has 1 fully saturated rings. The number of nitrogens with zero attached hydrogens (tertiary/aromatic N) is 3. The highest BCUT2D eigenvalue weighted by atomic mass is 16.2. The Bertz CT molecular complexity index is 1130. The summed E-state index contributed by atoms with van der Waals surface area (Å²) in [6.07, 6.45) is 9.13. The highest BCUT2D eigenvalue weighted by Crippen LogP contribution is 2.31. The average Bonchev–Trinajstić information content (AvgIpc) is 3.40. The monoisotopic (exact) mass is 473 g/mol. The zero-order valence-electron chi connectivity index (χ0n) is 19.6. The second-order valence-corrected chi connectivity index (χ2v) is 8.70. The van der Waals surface area contributed by atoms with Crippen molar-refractivity contribution in [2.75, 3.05) is 24.1 Å². The van der Waals surface area contributed by atoms with Crippen LogP contribution in [-0.2, 0) is 0 Å². The van der Waals surface area contributed by atoms with Gasteiger partial charge in [-0.1, -0.05) is 24.3 Å². The van der Waals surface area contributed by atoms with E-state index in [1.54, 1.807) is 48.8 Å². The second-order valence-electron chi connectivity index (χ2n) is 8.70. The Morgan fingerprint density at radius 3 is 2.43 bits per heavy atom. The molecule has 3 aromatic rings. The van der Waals surface area contributed by atoms with Gasteiger partial charge in [0.15, 0.2) is 0 Å². The van der Waals surface area contributed by atoms with E-state index in [9.17, 15) is 9.59 Å². The van der Waals surface area contributed by atoms with Crippen molar-refractivity contribution in [1.82, 2.24) is 20.2 Å². The van der Waals surface area contributed by atoms with Crippen LogP contribution >= 0.6 is 0 Å². The molecule has 1 aliphatic rings. The number of benzene rings is 1. The number of carbonyl (C=O) groups is 2. The first kappa shape index (κ1) is 24.2. The zero-order valence-corrected chi connectivity index (χ0v) is 19.6. The number of pyridine rings is 2. The van der Waals surface area contributed by atoms with Gasteiger partial charge in [-0.05, 0) is 74.2 Å². The summed E-state index contributed by atoms with van der Waals surface area (Å²) >= 11 is 0. The second kappa shape index (κ2) is 11.4. The Kier molecular flexibility index (Phi) is 7.89. The van der Waals surface area contributed by atoms with E-state index < -0.39 is 6.03 Å². The lowest BCUT2D eigenvalue weighted by Crippen LogP contribution is -2.34. The molecule has 1 aliphatic heterocycles. The third-order valence-electron chi connectivity index (χ3n) is 6.33. The topological polar surface area (TPSA) is 139 Å². The van der Waals surface area contributed by atoms with Crippen LogP contribution in [0, 0.1) is 0 Å². The first-order chi connectivity index (χ1) is 17.0. The van der Waals surface area contributed by atoms with Gasteiger partial charge in [-0.2, -0.15) is 0 Å². The number of likely N-dealkylation sites (tertiary alicyclic amines) is 1. The van der Waals surface area contributed by atoms with Gasteiger partial charge in [-0.3, -0.25) is 19.7 Å². The van der Waals surface area contributed by atoms with Gasteiger partial charge in [0, 0.05) is 24.6 Å². The molecule has 2 aromatic heterocycles. The van der Waals surface area contributed by atoms with E-state index in [1.165, 1.54) is 12.8 Å². The van der Waals surface area contributed by atoms with Gasteiger partial charge < -0.3 is 22.1 Å². The molecule has 1 saturated heterocycles. The molecule has 3 heterocycles. The fraction of sp³-hybridized carbons (Fsp3) is 0.308. The van der Waals surface area contributed by atoms with Gasteiger partial charge in [-0.15, -0.1) is 0 Å². The van der Waals surface area contributed by atoms with Gasteiger partial charge in [-0.25, -0.2) is 4.79 Å². The molecule has 0 radical (unpaired) electrons. The smallest absolute Gasteiger partial charge is 0.312 e. The molecule has 0 spiro atoms. The number of aromatic nitrogens is 2. The minimum Gasteiger partial charge on any atom is -0.397 e. The van der Waals surface area contributed by atoms with Crippen molar-refractivity contribution in [3.05, 3.63) is 83.9 Å². The van der Waals surface area contributed by atoms with Crippen LogP contribution in [0.15, 0.2) is 67.1 Å². The number of nitrogens with two attached hydrogens (primary N) is 2. The molecule has 182 valence electrons. The predicted octanol–water partition coefficient (Wildman–Crippen LogP) is 3.64. The van der Waals surface area contributed by atoms with Crippen LogP contribution in [0.3, 0.4) is 0 Å². The van der Waals surface area contributed by atoms with Crippen molar-refractivity contribution >= 4 is 23.3 Å². The van der Waals surface area contributed by atoms with E-state index in [0.29, 0.717) is 17.8 Å². The number of nitrogen functional groups attached to an aromatic ring is 1. The van der Waals surface area contributed by atoms with Crippen molar-refractivity contribution in [3.8, 4) is 0 Å². The molecule has 2 atom stereocenters. The summed E-state index contributed by atoms with van der Waals surface area (Å²) in [7, 11) is 0. The van der Waals surface area contributed by atoms with E-state index >= 15 is 0 Å². The maximum Gasteiger partial charge on any atom is 0.312 e. The van der Waals surface area contributed by atoms with Gasteiger partial charge >= 0.3 is 6.03 Å². The largest absolute Gasteiger partial charge is 0.397 e. The number of nitrogens with one attached hydrogen (secondary N) is 2. The Morgan fingerprint density at radius 2 is 1.77 bits per heavy atom. The normalized spacial score (nSPS) is 15.3. The third kappa shape index (κ3) is 6.33. The first-order valence-corrected chi connectivity index (χ1v) is 11.8. The Morgan fingerprint density at radius 1 is 0.971 bits per heavy atom. The van der Waals surface area contributed by atoms with E-state index in [4.69, 9.17) is 11.5 Å². The van der Waals surface area contributed by atoms with Gasteiger partial charge in [0.25, 0.3) is 5.91 Å². The van der Waals surface area contributed by atoms with Crippen molar-refractivity contribution in [3.63, 3.8) is 0 Å². The summed E-state index contributed by atoms with van der Waals surface area (Å²) < 4.78 is 0. The molecule has 9 heteroatoms. The lowest BCUT2D eigenvalue weighted by molar-refractivity contribution is 0.102. The number of hydrogen-bond acceptors (Lipinski definition) is 6. The highest BCUT2D eigenvalue weighted by Gasteiger charge is 2.25. The van der Waals surface area contributed by atoms with Crippen LogP contribution in [0.4, 0.5) is 16.2 Å². The lowest BCUT2D eigenvalue weighted by atomic mass is 9.96. The fourth-order valence-corrected chi connectivity index (χ4v) is 4.55. The van der Waals surface area contributed by atoms with Crippen LogP contribution in [0.2, 0.25) is 0 Å². The number of urea groups is 1. The maximum absolute atomic E-state index is 12.6. The Hall–Kier alpha value is -3.98. The summed E-state index contributed by atoms with van der Waals surface area (Å²) in [6.45, 7) is 2.09. The molecule has 3 amide bonds. The standard InChI is InChI=1S/C26H31N7O2/c27-20-7-1-2-8-22(20)31-25(34)23-10-9-18(17-30-23)21(32-26(28)35)11-12-24(33-14-3-4-15-33)19-6-5-13-29-16-19/h1-2,5-10,13,16-17,21,24H,3-4,11-12,14-15,27H2,(H,31,34)(H3,28,32,35). The fourth-order valence-electron chi connectivity index (χ4n) is 4.55. The number of hydrogen-bond donors (Lipinski definition) is 4. The van der Waals surface area contributed by atoms with E-state index in [2.05, 4.69) is 31.6 Å². The molecule has 0 aliphatic carbocycles. The number of rotatable bonds is 9. The number of para-hydroxylation sites is 2. The molecule has 0 saturated carbocycles. The molecule has 0 bridgehead atoms. The lowest BCUT2D eigenvalue weighted by Gasteiger charge is -2.29. The third-order valence-corrected chi connectivity index (χ3v) is 6.33. The number of primary amides is 1. The van der Waals surface area contributed by atoms with Crippen molar-refractivity contribution in [2.24, 2.45) is 5.73 Å². The first-order valence-electron chi connectivity index (χ1n) is 11.8. The van der Waals surface area contributed by atoms with Gasteiger partial charge in [0.2, 0.25) is 0 Å². The van der Waals surface area contributed by atoms with E-state index in [-0.39, 0.29) is 23.7 Å². The van der Waals surface area contributed by atoms with Crippen molar-refractivity contribution < 1.29 is 9.59 Å². The van der Waals surface area contributed by atoms with Crippen molar-refractivity contribution in [2.45, 2.75) is 37.8 Å². The minimum absolute atomic E-state index is 0.206. The molecule has 9 nitrogen and oxygen atoms in total. The Labute approximate surface area is 204 Å². The van der Waals surface area contributed by atoms with Crippen LogP contribution in [0.5, 0.6) is 0 Å². The summed E-state index contributed by atoms with van der Waals surface area (Å²) in [5.74, 6) is -0.362. The Balaban J connectivity index is 1.47. The highest BCUT2D eigenvalue weighted by molar-refractivity contribution is 6.04. The molecule has 6 N–H and O–H groups in total. The van der Waals surface area contributed by atoms with E-state index in [1.807, 2.05) is 12.3 Å². The minimum atomic E-state index is -0.601. The SMILES string of the molecule is NC(=O)NC(CCC(c1cccnc1)N1CCCC1)c1ccc(C(=O)Nc2ccccc2N)nc1. The summed E-state index contributed by atoms with van der Waals surface area (Å²) in [4.78, 5) is 35.5. The average molecular weight is 474 g/mol. The van der Waals surface area contributed by atoms with Gasteiger partial charge in [0.05, 0.1) is 17.4 Å². The van der Waals surface area contributed by atoms with Crippen LogP contribution in [-0.4, -0.2) is 39.9 Å².